The van der Waals surface area contributed by atoms with Crippen LogP contribution in [-0.2, 0) is 11.2 Å². The Balaban J connectivity index is 1.60. The van der Waals surface area contributed by atoms with E-state index >= 15 is 0 Å². The number of carbonyl (C=O) groups is 2. The van der Waals surface area contributed by atoms with Crippen LogP contribution in [0.2, 0.25) is 5.02 Å². The first-order chi connectivity index (χ1) is 13.0. The Hall–Kier alpha value is -2.38. The van der Waals surface area contributed by atoms with Gasteiger partial charge in [-0.05, 0) is 36.2 Å². The van der Waals surface area contributed by atoms with Crippen LogP contribution in [0.25, 0.3) is 0 Å². The summed E-state index contributed by atoms with van der Waals surface area (Å²) in [6, 6.07) is 10.8. The van der Waals surface area contributed by atoms with E-state index in [0.29, 0.717) is 48.3 Å². The van der Waals surface area contributed by atoms with Crippen molar-refractivity contribution in [2.45, 2.75) is 11.3 Å². The Kier molecular flexibility index (Phi) is 6.47. The third kappa shape index (κ3) is 5.08. The minimum atomic E-state index is -0.425. The molecule has 2 amide bonds. The highest BCUT2D eigenvalue weighted by Gasteiger charge is 2.17. The number of benzene rings is 2. The van der Waals surface area contributed by atoms with E-state index in [0.717, 1.165) is 10.5 Å². The molecule has 0 spiro atoms. The molecule has 6 nitrogen and oxygen atoms in total. The summed E-state index contributed by atoms with van der Waals surface area (Å²) in [5.74, 6) is 0.691. The van der Waals surface area contributed by atoms with Crippen LogP contribution in [0.1, 0.15) is 15.9 Å². The first-order valence-corrected chi connectivity index (χ1v) is 9.77. The minimum Gasteiger partial charge on any atom is -0.486 e. The maximum atomic E-state index is 12.5. The highest BCUT2D eigenvalue weighted by Crippen LogP contribution is 2.38. The van der Waals surface area contributed by atoms with Gasteiger partial charge in [-0.1, -0.05) is 23.7 Å². The molecule has 1 heterocycles. The second-order valence-electron chi connectivity index (χ2n) is 5.86. The van der Waals surface area contributed by atoms with Crippen LogP contribution in [0.3, 0.4) is 0 Å². The van der Waals surface area contributed by atoms with Crippen molar-refractivity contribution in [3.05, 3.63) is 52.5 Å². The lowest BCUT2D eigenvalue weighted by Gasteiger charge is -2.20. The zero-order valence-corrected chi connectivity index (χ0v) is 16.1. The number of fused-ring (bicyclic) bond motifs is 1. The SMILES string of the molecule is NC(=O)CSc1ccccc1C(=O)NCCc1cc(Cl)c2c(c1)OCCO2. The average Bonchev–Trinajstić information content (AvgIpc) is 2.66. The maximum Gasteiger partial charge on any atom is 0.252 e. The summed E-state index contributed by atoms with van der Waals surface area (Å²) in [6.45, 7) is 1.40. The van der Waals surface area contributed by atoms with Crippen molar-refractivity contribution in [2.75, 3.05) is 25.5 Å². The number of carbonyl (C=O) groups excluding carboxylic acids is 2. The van der Waals surface area contributed by atoms with Gasteiger partial charge in [0.05, 0.1) is 16.3 Å². The van der Waals surface area contributed by atoms with Crippen molar-refractivity contribution in [3.63, 3.8) is 0 Å². The summed E-state index contributed by atoms with van der Waals surface area (Å²) >= 11 is 7.48. The van der Waals surface area contributed by atoms with Gasteiger partial charge in [-0.15, -0.1) is 11.8 Å². The zero-order valence-electron chi connectivity index (χ0n) is 14.5. The molecule has 0 saturated heterocycles. The number of rotatable bonds is 7. The van der Waals surface area contributed by atoms with Crippen LogP contribution in [-0.4, -0.2) is 37.3 Å². The Bertz CT molecular complexity index is 860. The molecule has 27 heavy (non-hydrogen) atoms. The highest BCUT2D eigenvalue weighted by molar-refractivity contribution is 8.00. The Labute approximate surface area is 166 Å². The van der Waals surface area contributed by atoms with E-state index in [4.69, 9.17) is 26.8 Å². The van der Waals surface area contributed by atoms with Gasteiger partial charge >= 0.3 is 0 Å². The molecule has 3 rings (SSSR count). The van der Waals surface area contributed by atoms with Gasteiger partial charge in [-0.2, -0.15) is 0 Å². The molecule has 1 aliphatic rings. The Morgan fingerprint density at radius 3 is 2.78 bits per heavy atom. The van der Waals surface area contributed by atoms with Gasteiger partial charge in [0.25, 0.3) is 5.91 Å². The molecule has 0 aliphatic carbocycles. The molecule has 0 bridgehead atoms. The molecule has 0 saturated carbocycles. The molecule has 2 aromatic rings. The fraction of sp³-hybridized carbons (Fsp3) is 0.263. The third-order valence-electron chi connectivity index (χ3n) is 3.86. The number of hydrogen-bond donors (Lipinski definition) is 2. The molecule has 0 atom stereocenters. The first kappa shape index (κ1) is 19.4. The molecular weight excluding hydrogens is 388 g/mol. The molecule has 2 aromatic carbocycles. The lowest BCUT2D eigenvalue weighted by atomic mass is 10.1. The summed E-state index contributed by atoms with van der Waals surface area (Å²) < 4.78 is 11.1. The summed E-state index contributed by atoms with van der Waals surface area (Å²) in [5, 5.41) is 3.39. The molecule has 3 N–H and O–H groups in total. The molecule has 0 aromatic heterocycles. The van der Waals surface area contributed by atoms with Gasteiger partial charge in [0.1, 0.15) is 13.2 Å². The number of thioether (sulfide) groups is 1. The molecule has 0 radical (unpaired) electrons. The van der Waals surface area contributed by atoms with Crippen LogP contribution in [0.15, 0.2) is 41.3 Å². The Morgan fingerprint density at radius 1 is 1.19 bits per heavy atom. The fourth-order valence-corrected chi connectivity index (χ4v) is 3.73. The van der Waals surface area contributed by atoms with Crippen LogP contribution >= 0.6 is 23.4 Å². The lowest BCUT2D eigenvalue weighted by Crippen LogP contribution is -2.26. The van der Waals surface area contributed by atoms with E-state index in [2.05, 4.69) is 5.32 Å². The second kappa shape index (κ2) is 9.01. The van der Waals surface area contributed by atoms with Gasteiger partial charge < -0.3 is 20.5 Å². The van der Waals surface area contributed by atoms with Crippen molar-refractivity contribution >= 4 is 35.2 Å². The number of primary amides is 1. The van der Waals surface area contributed by atoms with E-state index in [1.807, 2.05) is 18.2 Å². The van der Waals surface area contributed by atoms with Crippen molar-refractivity contribution < 1.29 is 19.1 Å². The number of halogens is 1. The van der Waals surface area contributed by atoms with Gasteiger partial charge in [-0.3, -0.25) is 9.59 Å². The molecule has 8 heteroatoms. The van der Waals surface area contributed by atoms with Crippen molar-refractivity contribution in [1.82, 2.24) is 5.32 Å². The molecule has 1 aliphatic heterocycles. The van der Waals surface area contributed by atoms with Gasteiger partial charge in [0, 0.05) is 11.4 Å². The van der Waals surface area contributed by atoms with Crippen molar-refractivity contribution in [3.8, 4) is 11.5 Å². The monoisotopic (exact) mass is 406 g/mol. The number of hydrogen-bond acceptors (Lipinski definition) is 5. The number of ether oxygens (including phenoxy) is 2. The normalized spacial score (nSPS) is 12.5. The molecule has 142 valence electrons. The van der Waals surface area contributed by atoms with Gasteiger partial charge in [-0.25, -0.2) is 0 Å². The van der Waals surface area contributed by atoms with E-state index in [-0.39, 0.29) is 11.7 Å². The van der Waals surface area contributed by atoms with Crippen LogP contribution in [0.4, 0.5) is 0 Å². The fourth-order valence-electron chi connectivity index (χ4n) is 2.65. The molecule has 0 unspecified atom stereocenters. The van der Waals surface area contributed by atoms with Crippen LogP contribution < -0.4 is 20.5 Å². The number of amides is 2. The summed E-state index contributed by atoms with van der Waals surface area (Å²) in [7, 11) is 0. The maximum absolute atomic E-state index is 12.5. The van der Waals surface area contributed by atoms with E-state index in [1.165, 1.54) is 11.8 Å². The third-order valence-corrected chi connectivity index (χ3v) is 5.23. The second-order valence-corrected chi connectivity index (χ2v) is 7.28. The minimum absolute atomic E-state index is 0.125. The summed E-state index contributed by atoms with van der Waals surface area (Å²) in [4.78, 5) is 24.2. The van der Waals surface area contributed by atoms with Gasteiger partial charge in [0.2, 0.25) is 5.91 Å². The van der Waals surface area contributed by atoms with Crippen molar-refractivity contribution in [1.29, 1.82) is 0 Å². The molecule has 0 fully saturated rings. The highest BCUT2D eigenvalue weighted by atomic mass is 35.5. The largest absolute Gasteiger partial charge is 0.486 e. The van der Waals surface area contributed by atoms with E-state index < -0.39 is 5.91 Å². The summed E-state index contributed by atoms with van der Waals surface area (Å²) in [5.41, 5.74) is 6.64. The van der Waals surface area contributed by atoms with E-state index in [9.17, 15) is 9.59 Å². The topological polar surface area (TPSA) is 90.7 Å². The zero-order chi connectivity index (χ0) is 19.2. The van der Waals surface area contributed by atoms with Gasteiger partial charge in [0.15, 0.2) is 11.5 Å². The summed E-state index contributed by atoms with van der Waals surface area (Å²) in [6.07, 6.45) is 0.596. The lowest BCUT2D eigenvalue weighted by molar-refractivity contribution is -0.115. The van der Waals surface area contributed by atoms with E-state index in [1.54, 1.807) is 18.2 Å². The quantitative estimate of drug-likeness (QED) is 0.690. The predicted octanol–water partition coefficient (Wildman–Crippen LogP) is 2.66. The number of nitrogens with one attached hydrogen (secondary N) is 1. The average molecular weight is 407 g/mol. The smallest absolute Gasteiger partial charge is 0.252 e. The Morgan fingerprint density at radius 2 is 1.96 bits per heavy atom. The standard InChI is InChI=1S/C19H19ClN2O4S/c20-14-9-12(10-15-18(14)26-8-7-25-15)5-6-22-19(24)13-3-1-2-4-16(13)27-11-17(21)23/h1-4,9-10H,5-8,11H2,(H2,21,23)(H,22,24). The first-order valence-electron chi connectivity index (χ1n) is 8.41. The van der Waals surface area contributed by atoms with Crippen LogP contribution in [0.5, 0.6) is 11.5 Å². The number of nitrogens with two attached hydrogens (primary N) is 1. The predicted molar refractivity (Wildman–Crippen MR) is 105 cm³/mol. The molecular formula is C19H19ClN2O4S. The van der Waals surface area contributed by atoms with Crippen LogP contribution in [0, 0.1) is 0 Å². The van der Waals surface area contributed by atoms with Crippen molar-refractivity contribution in [2.24, 2.45) is 5.73 Å².